The molecular formula is C26H26ClFN2O3. The summed E-state index contributed by atoms with van der Waals surface area (Å²) in [5.41, 5.74) is 2.01. The Morgan fingerprint density at radius 3 is 2.42 bits per heavy atom. The number of carbonyl (C=O) groups is 2. The molecule has 0 radical (unpaired) electrons. The van der Waals surface area contributed by atoms with Crippen LogP contribution in [0.2, 0.25) is 5.02 Å². The fraction of sp³-hybridized carbons (Fsp3) is 0.231. The Labute approximate surface area is 198 Å². The van der Waals surface area contributed by atoms with Crippen molar-refractivity contribution in [3.8, 4) is 5.75 Å². The summed E-state index contributed by atoms with van der Waals surface area (Å²) < 4.78 is 20.1. The first-order valence-corrected chi connectivity index (χ1v) is 10.9. The smallest absolute Gasteiger partial charge is 0.261 e. The second-order valence-corrected chi connectivity index (χ2v) is 8.04. The number of halogens is 2. The molecule has 0 aliphatic carbocycles. The van der Waals surface area contributed by atoms with Crippen molar-refractivity contribution in [2.45, 2.75) is 25.9 Å². The van der Waals surface area contributed by atoms with Crippen LogP contribution in [0.5, 0.6) is 5.75 Å². The number of benzene rings is 3. The Bertz CT molecular complexity index is 1110. The minimum Gasteiger partial charge on any atom is -0.484 e. The number of amides is 2. The monoisotopic (exact) mass is 468 g/mol. The zero-order chi connectivity index (χ0) is 23.8. The van der Waals surface area contributed by atoms with Crippen LogP contribution in [-0.2, 0) is 22.6 Å². The molecule has 0 aliphatic rings. The van der Waals surface area contributed by atoms with Gasteiger partial charge in [0.25, 0.3) is 5.91 Å². The first kappa shape index (κ1) is 24.3. The summed E-state index contributed by atoms with van der Waals surface area (Å²) in [5.74, 6) is -0.739. The maximum atomic E-state index is 14.4. The molecule has 0 unspecified atom stereocenters. The zero-order valence-electron chi connectivity index (χ0n) is 18.6. The highest BCUT2D eigenvalue weighted by Gasteiger charge is 2.30. The van der Waals surface area contributed by atoms with Crippen molar-refractivity contribution in [3.05, 3.63) is 100 Å². The zero-order valence-corrected chi connectivity index (χ0v) is 19.3. The normalized spacial score (nSPS) is 11.5. The summed E-state index contributed by atoms with van der Waals surface area (Å²) in [6.45, 7) is 1.46. The highest BCUT2D eigenvalue weighted by Crippen LogP contribution is 2.22. The summed E-state index contributed by atoms with van der Waals surface area (Å²) in [7, 11) is 1.51. The molecular weight excluding hydrogens is 443 g/mol. The third-order valence-corrected chi connectivity index (χ3v) is 5.73. The van der Waals surface area contributed by atoms with Gasteiger partial charge in [-0.05, 0) is 42.3 Å². The van der Waals surface area contributed by atoms with Gasteiger partial charge >= 0.3 is 0 Å². The van der Waals surface area contributed by atoms with Crippen molar-refractivity contribution in [2.75, 3.05) is 13.7 Å². The quantitative estimate of drug-likeness (QED) is 0.501. The number of likely N-dealkylation sites (N-methyl/N-ethyl adjacent to an activating group) is 1. The fourth-order valence-corrected chi connectivity index (χ4v) is 3.58. The summed E-state index contributed by atoms with van der Waals surface area (Å²) in [6, 6.07) is 19.8. The summed E-state index contributed by atoms with van der Waals surface area (Å²) in [6.07, 6.45) is 0.279. The number of nitrogens with one attached hydrogen (secondary N) is 1. The van der Waals surface area contributed by atoms with Crippen LogP contribution in [0.25, 0.3) is 0 Å². The van der Waals surface area contributed by atoms with Crippen LogP contribution in [0.3, 0.4) is 0 Å². The molecule has 0 saturated heterocycles. The van der Waals surface area contributed by atoms with E-state index in [1.54, 1.807) is 36.4 Å². The molecule has 0 aromatic heterocycles. The van der Waals surface area contributed by atoms with E-state index >= 15 is 0 Å². The maximum absolute atomic E-state index is 14.4. The van der Waals surface area contributed by atoms with Crippen LogP contribution in [0.15, 0.2) is 72.8 Å². The molecule has 5 nitrogen and oxygen atoms in total. The Hall–Kier alpha value is -3.38. The van der Waals surface area contributed by atoms with Crippen LogP contribution in [0, 0.1) is 12.7 Å². The molecule has 0 saturated carbocycles. The van der Waals surface area contributed by atoms with Crippen molar-refractivity contribution >= 4 is 23.4 Å². The van der Waals surface area contributed by atoms with Gasteiger partial charge in [0.2, 0.25) is 5.91 Å². The van der Waals surface area contributed by atoms with E-state index in [0.717, 1.165) is 11.1 Å². The average molecular weight is 469 g/mol. The van der Waals surface area contributed by atoms with Crippen LogP contribution in [0.4, 0.5) is 4.39 Å². The number of ether oxygens (including phenoxy) is 1. The summed E-state index contributed by atoms with van der Waals surface area (Å²) in [5, 5.41) is 3.22. The van der Waals surface area contributed by atoms with E-state index < -0.39 is 17.8 Å². The lowest BCUT2D eigenvalue weighted by atomic mass is 10.0. The van der Waals surface area contributed by atoms with Crippen LogP contribution in [0.1, 0.15) is 16.7 Å². The minimum absolute atomic E-state index is 0.0700. The van der Waals surface area contributed by atoms with Crippen molar-refractivity contribution in [1.29, 1.82) is 0 Å². The van der Waals surface area contributed by atoms with Crippen molar-refractivity contribution < 1.29 is 18.7 Å². The minimum atomic E-state index is -0.847. The van der Waals surface area contributed by atoms with E-state index in [2.05, 4.69) is 5.32 Å². The van der Waals surface area contributed by atoms with Crippen molar-refractivity contribution in [1.82, 2.24) is 10.2 Å². The number of carbonyl (C=O) groups excluding carboxylic acids is 2. The Balaban J connectivity index is 1.88. The van der Waals surface area contributed by atoms with Gasteiger partial charge in [-0.25, -0.2) is 4.39 Å². The molecule has 1 atom stereocenters. The van der Waals surface area contributed by atoms with Gasteiger partial charge in [0.15, 0.2) is 6.61 Å². The van der Waals surface area contributed by atoms with Crippen LogP contribution < -0.4 is 10.1 Å². The molecule has 3 aromatic rings. The number of aryl methyl sites for hydroxylation is 1. The molecule has 0 bridgehead atoms. The summed E-state index contributed by atoms with van der Waals surface area (Å²) in [4.78, 5) is 27.5. The molecule has 2 amide bonds. The number of rotatable bonds is 9. The maximum Gasteiger partial charge on any atom is 0.261 e. The van der Waals surface area contributed by atoms with Gasteiger partial charge in [0.1, 0.15) is 17.6 Å². The average Bonchev–Trinajstić information content (AvgIpc) is 2.83. The molecule has 33 heavy (non-hydrogen) atoms. The molecule has 172 valence electrons. The lowest BCUT2D eigenvalue weighted by Gasteiger charge is -2.31. The van der Waals surface area contributed by atoms with Gasteiger partial charge in [-0.3, -0.25) is 9.59 Å². The van der Waals surface area contributed by atoms with Crippen LogP contribution >= 0.6 is 11.6 Å². The first-order chi connectivity index (χ1) is 15.9. The first-order valence-electron chi connectivity index (χ1n) is 10.6. The SMILES string of the molecule is CNC(=O)[C@@H](Cc1ccccc1)N(Cc1ccccc1F)C(=O)COc1ccc(Cl)c(C)c1. The van der Waals surface area contributed by atoms with Gasteiger partial charge in [-0.1, -0.05) is 60.1 Å². The molecule has 3 aromatic carbocycles. The standard InChI is InChI=1S/C26H26ClFN2O3/c1-18-14-21(12-13-22(18)27)33-17-25(31)30(16-20-10-6-7-11-23(20)28)24(26(32)29-2)15-19-8-4-3-5-9-19/h3-14,24H,15-17H2,1-2H3,(H,29,32)/t24-/m1/s1. The summed E-state index contributed by atoms with van der Waals surface area (Å²) >= 11 is 6.06. The van der Waals surface area contributed by atoms with E-state index in [4.69, 9.17) is 16.3 Å². The van der Waals surface area contributed by atoms with Gasteiger partial charge < -0.3 is 15.0 Å². The highest BCUT2D eigenvalue weighted by molar-refractivity contribution is 6.31. The van der Waals surface area contributed by atoms with Crippen LogP contribution in [-0.4, -0.2) is 36.4 Å². The van der Waals surface area contributed by atoms with E-state index in [1.807, 2.05) is 37.3 Å². The molecule has 0 fully saturated rings. The van der Waals surface area contributed by atoms with E-state index in [0.29, 0.717) is 16.3 Å². The Morgan fingerprint density at radius 1 is 1.06 bits per heavy atom. The van der Waals surface area contributed by atoms with Gasteiger partial charge in [0, 0.05) is 30.6 Å². The lowest BCUT2D eigenvalue weighted by molar-refractivity contribution is -0.142. The molecule has 0 aliphatic heterocycles. The molecule has 3 rings (SSSR count). The molecule has 0 spiro atoms. The Morgan fingerprint density at radius 2 is 1.76 bits per heavy atom. The molecule has 7 heteroatoms. The topological polar surface area (TPSA) is 58.6 Å². The predicted octanol–water partition coefficient (Wildman–Crippen LogP) is 4.55. The van der Waals surface area contributed by atoms with Gasteiger partial charge in [-0.15, -0.1) is 0 Å². The third-order valence-electron chi connectivity index (χ3n) is 5.31. The van der Waals surface area contributed by atoms with E-state index in [-0.39, 0.29) is 25.5 Å². The van der Waals surface area contributed by atoms with Gasteiger partial charge in [0.05, 0.1) is 0 Å². The number of nitrogens with zero attached hydrogens (tertiary/aromatic N) is 1. The highest BCUT2D eigenvalue weighted by atomic mass is 35.5. The van der Waals surface area contributed by atoms with E-state index in [1.165, 1.54) is 18.0 Å². The predicted molar refractivity (Wildman–Crippen MR) is 127 cm³/mol. The lowest BCUT2D eigenvalue weighted by Crippen LogP contribution is -2.51. The second kappa shape index (κ2) is 11.5. The number of hydrogen-bond donors (Lipinski definition) is 1. The van der Waals surface area contributed by atoms with E-state index in [9.17, 15) is 14.0 Å². The molecule has 1 N–H and O–H groups in total. The second-order valence-electron chi connectivity index (χ2n) is 7.63. The van der Waals surface area contributed by atoms with Crippen molar-refractivity contribution in [3.63, 3.8) is 0 Å². The van der Waals surface area contributed by atoms with Crippen molar-refractivity contribution in [2.24, 2.45) is 0 Å². The largest absolute Gasteiger partial charge is 0.484 e. The fourth-order valence-electron chi connectivity index (χ4n) is 3.47. The Kier molecular flexibility index (Phi) is 8.44. The third kappa shape index (κ3) is 6.56. The number of hydrogen-bond acceptors (Lipinski definition) is 3. The molecule has 0 heterocycles. The van der Waals surface area contributed by atoms with Gasteiger partial charge in [-0.2, -0.15) is 0 Å².